The monoisotopic (exact) mass is 476 g/mol. The van der Waals surface area contributed by atoms with Crippen molar-refractivity contribution >= 4 is 18.0 Å². The van der Waals surface area contributed by atoms with E-state index in [9.17, 15) is 19.5 Å². The zero-order chi connectivity index (χ0) is 24.8. The third kappa shape index (κ3) is 5.73. The number of aliphatic carboxylic acids is 1. The van der Waals surface area contributed by atoms with Gasteiger partial charge in [-0.25, -0.2) is 9.59 Å². The molecule has 184 valence electrons. The maximum absolute atomic E-state index is 12.5. The predicted octanol–water partition coefficient (Wildman–Crippen LogP) is 4.62. The Morgan fingerprint density at radius 1 is 1.00 bits per heavy atom. The lowest BCUT2D eigenvalue weighted by molar-refractivity contribution is -0.142. The molecule has 2 aliphatic carbocycles. The van der Waals surface area contributed by atoms with Crippen LogP contribution in [0.4, 0.5) is 4.79 Å². The molecular formula is C28H32N2O5. The molecule has 0 heterocycles. The first-order valence-corrected chi connectivity index (χ1v) is 12.2. The average molecular weight is 477 g/mol. The lowest BCUT2D eigenvalue weighted by Crippen LogP contribution is -2.46. The van der Waals surface area contributed by atoms with Gasteiger partial charge in [-0.1, -0.05) is 54.6 Å². The van der Waals surface area contributed by atoms with Gasteiger partial charge in [-0.05, 0) is 60.8 Å². The number of carboxylic acid groups (broad SMARTS) is 1. The van der Waals surface area contributed by atoms with Crippen LogP contribution in [0.1, 0.15) is 55.6 Å². The van der Waals surface area contributed by atoms with Crippen LogP contribution >= 0.6 is 0 Å². The number of hydrogen-bond acceptors (Lipinski definition) is 4. The Morgan fingerprint density at radius 3 is 2.17 bits per heavy atom. The van der Waals surface area contributed by atoms with E-state index in [4.69, 9.17) is 4.74 Å². The quantitative estimate of drug-likeness (QED) is 0.458. The van der Waals surface area contributed by atoms with Crippen LogP contribution in [0.5, 0.6) is 0 Å². The highest BCUT2D eigenvalue weighted by Gasteiger charge is 2.31. The Bertz CT molecular complexity index is 1040. The van der Waals surface area contributed by atoms with E-state index in [1.54, 1.807) is 6.08 Å². The molecule has 0 aliphatic heterocycles. The van der Waals surface area contributed by atoms with Crippen LogP contribution in [0.3, 0.4) is 0 Å². The highest BCUT2D eigenvalue weighted by Crippen LogP contribution is 2.44. The highest BCUT2D eigenvalue weighted by atomic mass is 16.5. The largest absolute Gasteiger partial charge is 0.480 e. The third-order valence-electron chi connectivity index (χ3n) is 7.04. The van der Waals surface area contributed by atoms with Crippen molar-refractivity contribution in [2.24, 2.45) is 5.92 Å². The number of rotatable bonds is 9. The van der Waals surface area contributed by atoms with Gasteiger partial charge < -0.3 is 20.5 Å². The summed E-state index contributed by atoms with van der Waals surface area (Å²) in [6.45, 7) is 3.86. The molecule has 7 nitrogen and oxygen atoms in total. The van der Waals surface area contributed by atoms with E-state index < -0.39 is 18.1 Å². The van der Waals surface area contributed by atoms with E-state index in [-0.39, 0.29) is 30.4 Å². The summed E-state index contributed by atoms with van der Waals surface area (Å²) in [7, 11) is 0. The van der Waals surface area contributed by atoms with Crippen LogP contribution in [-0.4, -0.2) is 41.8 Å². The molecule has 7 heteroatoms. The Hall–Kier alpha value is -3.61. The second-order valence-electron chi connectivity index (χ2n) is 9.28. The first-order chi connectivity index (χ1) is 17.0. The second-order valence-corrected chi connectivity index (χ2v) is 9.28. The van der Waals surface area contributed by atoms with Crippen LogP contribution in [0.15, 0.2) is 61.2 Å². The molecule has 0 bridgehead atoms. The summed E-state index contributed by atoms with van der Waals surface area (Å²) in [6.07, 6.45) is 4.51. The molecule has 2 aromatic rings. The Labute approximate surface area is 205 Å². The van der Waals surface area contributed by atoms with Crippen molar-refractivity contribution in [3.8, 4) is 11.1 Å². The summed E-state index contributed by atoms with van der Waals surface area (Å²) in [5.74, 6) is -1.51. The number of carboxylic acids is 1. The van der Waals surface area contributed by atoms with Crippen molar-refractivity contribution in [2.75, 3.05) is 6.61 Å². The van der Waals surface area contributed by atoms with Crippen molar-refractivity contribution in [1.29, 1.82) is 0 Å². The molecule has 2 amide bonds. The number of ether oxygens (including phenoxy) is 1. The molecule has 4 rings (SSSR count). The molecule has 0 spiro atoms. The van der Waals surface area contributed by atoms with Gasteiger partial charge in [0.25, 0.3) is 0 Å². The van der Waals surface area contributed by atoms with Gasteiger partial charge in [0.15, 0.2) is 0 Å². The van der Waals surface area contributed by atoms with Gasteiger partial charge in [0, 0.05) is 17.9 Å². The molecule has 35 heavy (non-hydrogen) atoms. The number of benzene rings is 2. The van der Waals surface area contributed by atoms with Crippen molar-refractivity contribution in [2.45, 2.75) is 56.5 Å². The first kappa shape index (κ1) is 24.5. The number of nitrogens with one attached hydrogen (secondary N) is 2. The van der Waals surface area contributed by atoms with Crippen LogP contribution < -0.4 is 10.6 Å². The summed E-state index contributed by atoms with van der Waals surface area (Å²) in [6, 6.07) is 15.4. The molecule has 1 fully saturated rings. The fraction of sp³-hybridized carbons (Fsp3) is 0.393. The van der Waals surface area contributed by atoms with E-state index in [1.807, 2.05) is 24.3 Å². The minimum Gasteiger partial charge on any atom is -0.480 e. The van der Waals surface area contributed by atoms with Crippen molar-refractivity contribution in [3.05, 3.63) is 72.3 Å². The molecule has 3 N–H and O–H groups in total. The molecular weight excluding hydrogens is 444 g/mol. The zero-order valence-electron chi connectivity index (χ0n) is 19.7. The number of allylic oxidation sites excluding steroid dienone is 1. The van der Waals surface area contributed by atoms with Gasteiger partial charge in [-0.3, -0.25) is 4.79 Å². The average Bonchev–Trinajstić information content (AvgIpc) is 3.19. The molecule has 2 aliphatic rings. The fourth-order valence-electron chi connectivity index (χ4n) is 5.14. The predicted molar refractivity (Wildman–Crippen MR) is 133 cm³/mol. The van der Waals surface area contributed by atoms with Crippen molar-refractivity contribution in [3.63, 3.8) is 0 Å². The standard InChI is InChI=1S/C28H32N2O5/c1-2-3-12-25(27(32)33)30-26(31)18-13-15-19(16-14-18)29-28(34)35-17-24-22-10-6-4-8-20(22)21-9-5-7-11-23(21)24/h2,4-11,18-19,24-25H,1,3,12-17H2,(H,29,34)(H,30,31)(H,32,33). The van der Waals surface area contributed by atoms with E-state index >= 15 is 0 Å². The van der Waals surface area contributed by atoms with Crippen LogP contribution in [0.2, 0.25) is 0 Å². The Kier molecular flexibility index (Phi) is 7.85. The molecule has 2 aromatic carbocycles. The van der Waals surface area contributed by atoms with Gasteiger partial charge in [0.2, 0.25) is 5.91 Å². The fourth-order valence-corrected chi connectivity index (χ4v) is 5.14. The smallest absolute Gasteiger partial charge is 0.407 e. The molecule has 1 unspecified atom stereocenters. The maximum atomic E-state index is 12.5. The Morgan fingerprint density at radius 2 is 1.60 bits per heavy atom. The molecule has 1 saturated carbocycles. The summed E-state index contributed by atoms with van der Waals surface area (Å²) >= 11 is 0. The zero-order valence-corrected chi connectivity index (χ0v) is 19.7. The number of hydrogen-bond donors (Lipinski definition) is 3. The van der Waals surface area contributed by atoms with Crippen LogP contribution in [-0.2, 0) is 14.3 Å². The van der Waals surface area contributed by atoms with Crippen molar-refractivity contribution < 1.29 is 24.2 Å². The van der Waals surface area contributed by atoms with Crippen LogP contribution in [0, 0.1) is 5.92 Å². The third-order valence-corrected chi connectivity index (χ3v) is 7.04. The summed E-state index contributed by atoms with van der Waals surface area (Å²) in [5.41, 5.74) is 4.70. The van der Waals surface area contributed by atoms with Gasteiger partial charge in [0.1, 0.15) is 12.6 Å². The van der Waals surface area contributed by atoms with E-state index in [2.05, 4.69) is 41.5 Å². The number of carbonyl (C=O) groups excluding carboxylic acids is 2. The minimum atomic E-state index is -1.04. The van der Waals surface area contributed by atoms with Crippen LogP contribution in [0.25, 0.3) is 11.1 Å². The Balaban J connectivity index is 1.25. The SMILES string of the molecule is C=CCCC(NC(=O)C1CCC(NC(=O)OCC2c3ccccc3-c3ccccc32)CC1)C(=O)O. The minimum absolute atomic E-state index is 0.0100. The molecule has 1 atom stereocenters. The second kappa shape index (κ2) is 11.2. The van der Waals surface area contributed by atoms with Gasteiger partial charge >= 0.3 is 12.1 Å². The maximum Gasteiger partial charge on any atom is 0.407 e. The van der Waals surface area contributed by atoms with E-state index in [1.165, 1.54) is 22.3 Å². The molecule has 0 saturated heterocycles. The number of amides is 2. The van der Waals surface area contributed by atoms with Gasteiger partial charge in [-0.2, -0.15) is 0 Å². The van der Waals surface area contributed by atoms with E-state index in [0.29, 0.717) is 38.5 Å². The summed E-state index contributed by atoms with van der Waals surface area (Å²) < 4.78 is 5.63. The molecule has 0 radical (unpaired) electrons. The number of alkyl carbamates (subject to hydrolysis) is 1. The first-order valence-electron chi connectivity index (χ1n) is 12.2. The summed E-state index contributed by atoms with van der Waals surface area (Å²) in [4.78, 5) is 36.5. The summed E-state index contributed by atoms with van der Waals surface area (Å²) in [5, 5.41) is 14.9. The topological polar surface area (TPSA) is 105 Å². The van der Waals surface area contributed by atoms with Crippen molar-refractivity contribution in [1.82, 2.24) is 10.6 Å². The highest BCUT2D eigenvalue weighted by molar-refractivity contribution is 5.85. The normalized spacial score (nSPS) is 19.7. The van der Waals surface area contributed by atoms with Gasteiger partial charge in [-0.15, -0.1) is 6.58 Å². The molecule has 0 aromatic heterocycles. The lowest BCUT2D eigenvalue weighted by Gasteiger charge is -2.29. The number of carbonyl (C=O) groups is 3. The lowest BCUT2D eigenvalue weighted by atomic mass is 9.85. The van der Waals surface area contributed by atoms with E-state index in [0.717, 1.165) is 0 Å². The number of fused-ring (bicyclic) bond motifs is 3. The van der Waals surface area contributed by atoms with Gasteiger partial charge in [0.05, 0.1) is 0 Å².